The van der Waals surface area contributed by atoms with E-state index in [1.165, 1.54) is 0 Å². The molecule has 2 heterocycles. The lowest BCUT2D eigenvalue weighted by atomic mass is 9.88. The monoisotopic (exact) mass is 746 g/mol. The van der Waals surface area contributed by atoms with E-state index in [1.54, 1.807) is 30.5 Å². The quantitative estimate of drug-likeness (QED) is 0.0838. The number of carbonyl (C=O) groups excluding carboxylic acids is 3. The second-order valence-electron chi connectivity index (χ2n) is 12.6. The number of hydroxylamine groups is 1. The summed E-state index contributed by atoms with van der Waals surface area (Å²) >= 11 is 0. The first-order valence-corrected chi connectivity index (χ1v) is 18.2. The van der Waals surface area contributed by atoms with Crippen LogP contribution < -0.4 is 10.2 Å². The van der Waals surface area contributed by atoms with Crippen molar-refractivity contribution >= 4 is 24.5 Å². The minimum absolute atomic E-state index is 0.0486. The number of nitrogens with zero attached hydrogens (tertiary/aromatic N) is 1. The summed E-state index contributed by atoms with van der Waals surface area (Å²) in [6, 6.07) is 33.6. The number of aliphatic carboxylic acids is 1. The fourth-order valence-electron chi connectivity index (χ4n) is 5.74. The van der Waals surface area contributed by atoms with E-state index in [2.05, 4.69) is 21.9 Å². The van der Waals surface area contributed by atoms with Crippen molar-refractivity contribution in [1.29, 1.82) is 0 Å². The summed E-state index contributed by atoms with van der Waals surface area (Å²) in [4.78, 5) is 53.4. The number of ether oxygens (including phenoxy) is 1. The average Bonchev–Trinajstić information content (AvgIpc) is 3.82. The van der Waals surface area contributed by atoms with Crippen LogP contribution in [0.4, 0.5) is 0 Å². The van der Waals surface area contributed by atoms with E-state index in [0.29, 0.717) is 48.6 Å². The highest BCUT2D eigenvalue weighted by molar-refractivity contribution is 6.09. The van der Waals surface area contributed by atoms with Gasteiger partial charge in [0.25, 0.3) is 0 Å². The zero-order valence-corrected chi connectivity index (χ0v) is 31.9. The minimum atomic E-state index is -0.898. The fraction of sp³-hybridized carbons (Fsp3) is 0.267. The molecule has 0 amide bonds. The van der Waals surface area contributed by atoms with Crippen molar-refractivity contribution in [3.8, 4) is 17.2 Å². The average molecular weight is 747 g/mol. The van der Waals surface area contributed by atoms with E-state index in [0.717, 1.165) is 28.0 Å². The molecule has 0 bridgehead atoms. The van der Waals surface area contributed by atoms with Gasteiger partial charge >= 0.3 is 11.9 Å². The van der Waals surface area contributed by atoms with Crippen molar-refractivity contribution in [2.24, 2.45) is 11.8 Å². The summed E-state index contributed by atoms with van der Waals surface area (Å²) in [6.45, 7) is 14.0. The van der Waals surface area contributed by atoms with Crippen LogP contribution in [0.25, 0.3) is 11.5 Å². The van der Waals surface area contributed by atoms with Crippen molar-refractivity contribution in [3.05, 3.63) is 156 Å². The van der Waals surface area contributed by atoms with Crippen LogP contribution in [0.1, 0.15) is 66.9 Å². The van der Waals surface area contributed by atoms with E-state index in [-0.39, 0.29) is 30.1 Å². The summed E-state index contributed by atoms with van der Waals surface area (Å²) in [7, 11) is 0. The summed E-state index contributed by atoms with van der Waals surface area (Å²) < 4.78 is 11.5. The first-order valence-electron chi connectivity index (χ1n) is 18.2. The number of nitrogens with one attached hydrogen (secondary N) is 1. The van der Waals surface area contributed by atoms with Crippen LogP contribution in [0.15, 0.2) is 132 Å². The Morgan fingerprint density at radius 2 is 1.51 bits per heavy atom. The molecule has 1 fully saturated rings. The summed E-state index contributed by atoms with van der Waals surface area (Å²) in [5.74, 6) is -0.620. The molecule has 1 aliphatic rings. The molecule has 1 aliphatic heterocycles. The lowest BCUT2D eigenvalue weighted by Crippen LogP contribution is -2.23. The fourth-order valence-corrected chi connectivity index (χ4v) is 5.74. The van der Waals surface area contributed by atoms with Gasteiger partial charge in [-0.05, 0) is 68.5 Å². The first kappa shape index (κ1) is 43.3. The zero-order chi connectivity index (χ0) is 40.2. The van der Waals surface area contributed by atoms with E-state index in [4.69, 9.17) is 13.9 Å². The molecule has 55 heavy (non-hydrogen) atoms. The second-order valence-corrected chi connectivity index (χ2v) is 12.6. The molecular weight excluding hydrogens is 697 g/mol. The standard InChI is InChI=1S/C34H29NO5.C8H13NO2.C2H6.CH2O/c36-32(25-9-3-1-4-10-25)31-14-8-7-13-27(31)22-28(34(37)38)21-24-15-17-30(18-16-24)39-20-19-29-23-40-33(35-29)26-11-5-2-6-12-26;1-5(2)4-7-6(3)9-11-8(7)10;2*1-2/h1-18,23,28H,19-22H2,(H,37,38);6-7,9H,1,4H2,2-3H3;1-2H3;1H2/t28-;;;/m1.../s1. The molecular formula is C45H50N2O8. The number of benzene rings is 4. The predicted molar refractivity (Wildman–Crippen MR) is 213 cm³/mol. The highest BCUT2D eigenvalue weighted by Gasteiger charge is 2.33. The Morgan fingerprint density at radius 1 is 0.891 bits per heavy atom. The summed E-state index contributed by atoms with van der Waals surface area (Å²) in [6.07, 6.45) is 3.55. The third-order valence-corrected chi connectivity index (χ3v) is 8.54. The molecule has 1 aromatic heterocycles. The molecule has 10 heteroatoms. The lowest BCUT2D eigenvalue weighted by Gasteiger charge is -2.16. The van der Waals surface area contributed by atoms with Gasteiger partial charge in [-0.2, -0.15) is 0 Å². The van der Waals surface area contributed by atoms with Crippen molar-refractivity contribution in [2.75, 3.05) is 6.61 Å². The third-order valence-electron chi connectivity index (χ3n) is 8.54. The molecule has 3 atom stereocenters. The van der Waals surface area contributed by atoms with Crippen molar-refractivity contribution in [2.45, 2.75) is 59.4 Å². The normalized spacial score (nSPS) is 14.7. The van der Waals surface area contributed by atoms with E-state index in [9.17, 15) is 19.5 Å². The maximum absolute atomic E-state index is 13.1. The Balaban J connectivity index is 0.000000459. The molecule has 5 aromatic rings. The zero-order valence-electron chi connectivity index (χ0n) is 31.9. The van der Waals surface area contributed by atoms with Crippen LogP contribution in [0.5, 0.6) is 5.75 Å². The van der Waals surface area contributed by atoms with Crippen LogP contribution >= 0.6 is 0 Å². The van der Waals surface area contributed by atoms with Gasteiger partial charge in [0.2, 0.25) is 5.89 Å². The maximum Gasteiger partial charge on any atom is 0.329 e. The van der Waals surface area contributed by atoms with E-state index < -0.39 is 11.9 Å². The molecule has 0 saturated carbocycles. The van der Waals surface area contributed by atoms with Gasteiger partial charge in [0, 0.05) is 23.1 Å². The van der Waals surface area contributed by atoms with E-state index >= 15 is 0 Å². The van der Waals surface area contributed by atoms with Crippen LogP contribution in [-0.4, -0.2) is 47.3 Å². The van der Waals surface area contributed by atoms with E-state index in [1.807, 2.05) is 119 Å². The number of hydrogen-bond donors (Lipinski definition) is 2. The van der Waals surface area contributed by atoms with Crippen LogP contribution in [0.3, 0.4) is 0 Å². The minimum Gasteiger partial charge on any atom is -0.493 e. The van der Waals surface area contributed by atoms with Crippen LogP contribution in [0.2, 0.25) is 0 Å². The van der Waals surface area contributed by atoms with Crippen molar-refractivity contribution in [3.63, 3.8) is 0 Å². The number of allylic oxidation sites excluding steroid dienone is 1. The molecule has 0 spiro atoms. The molecule has 6 rings (SSSR count). The SMILES string of the molecule is C=C(C)CC1C(=O)ONC1C.C=O.CC.O=C(c1ccccc1)c1ccccc1C[C@@H](Cc1ccc(OCCc2coc(-c3ccccc3)n2)cc1)C(=O)O. The molecule has 2 unspecified atom stereocenters. The smallest absolute Gasteiger partial charge is 0.329 e. The molecule has 288 valence electrons. The molecule has 0 radical (unpaired) electrons. The summed E-state index contributed by atoms with van der Waals surface area (Å²) in [5, 5.41) is 9.97. The van der Waals surface area contributed by atoms with Gasteiger partial charge < -0.3 is 23.9 Å². The number of carboxylic acids is 1. The Kier molecular flexibility index (Phi) is 18.0. The highest BCUT2D eigenvalue weighted by atomic mass is 16.7. The van der Waals surface area contributed by atoms with Crippen molar-refractivity contribution < 1.29 is 38.3 Å². The van der Waals surface area contributed by atoms with Gasteiger partial charge in [-0.15, -0.1) is 12.1 Å². The van der Waals surface area contributed by atoms with Gasteiger partial charge in [-0.1, -0.05) is 104 Å². The Morgan fingerprint density at radius 3 is 2.11 bits per heavy atom. The first-order chi connectivity index (χ1) is 26.7. The van der Waals surface area contributed by atoms with Crippen LogP contribution in [-0.2, 0) is 38.5 Å². The molecule has 1 saturated heterocycles. The number of oxazole rings is 1. The largest absolute Gasteiger partial charge is 0.493 e. The number of ketones is 1. The molecule has 2 N–H and O–H groups in total. The van der Waals surface area contributed by atoms with Gasteiger partial charge in [0.1, 0.15) is 18.8 Å². The van der Waals surface area contributed by atoms with Gasteiger partial charge in [-0.25, -0.2) is 9.78 Å². The third kappa shape index (κ3) is 13.3. The van der Waals surface area contributed by atoms with Crippen molar-refractivity contribution in [1.82, 2.24) is 10.5 Å². The lowest BCUT2D eigenvalue weighted by molar-refractivity contribution is -0.145. The molecule has 4 aromatic carbocycles. The van der Waals surface area contributed by atoms with Crippen LogP contribution in [0, 0.1) is 11.8 Å². The molecule has 10 nitrogen and oxygen atoms in total. The Labute approximate surface area is 323 Å². The topological polar surface area (TPSA) is 145 Å². The summed E-state index contributed by atoms with van der Waals surface area (Å²) in [5.41, 5.74) is 8.12. The van der Waals surface area contributed by atoms with Gasteiger partial charge in [-0.3, -0.25) is 9.59 Å². The molecule has 0 aliphatic carbocycles. The maximum atomic E-state index is 13.1. The highest BCUT2D eigenvalue weighted by Crippen LogP contribution is 2.23. The Hall–Kier alpha value is -6.13. The van der Waals surface area contributed by atoms with Gasteiger partial charge in [0.05, 0.1) is 30.2 Å². The van der Waals surface area contributed by atoms with Gasteiger partial charge in [0.15, 0.2) is 5.78 Å². The number of carbonyl (C=O) groups is 4. The Bertz CT molecular complexity index is 1940. The number of rotatable bonds is 14. The number of carboxylic acid groups (broad SMARTS) is 1. The number of aromatic nitrogens is 1. The second kappa shape index (κ2) is 22.8. The predicted octanol–water partition coefficient (Wildman–Crippen LogP) is 8.54. The number of hydrogen-bond acceptors (Lipinski definition) is 9.